The third-order valence-electron chi connectivity index (χ3n) is 1.96. The summed E-state index contributed by atoms with van der Waals surface area (Å²) >= 11 is 0. The van der Waals surface area contributed by atoms with Gasteiger partial charge in [-0.2, -0.15) is 0 Å². The second kappa shape index (κ2) is 5.07. The maximum Gasteiger partial charge on any atom is 0.408 e. The Morgan fingerprint density at radius 2 is 2.22 bits per heavy atom. The molecule has 0 aromatic carbocycles. The van der Waals surface area contributed by atoms with Crippen LogP contribution in [0.3, 0.4) is 0 Å². The van der Waals surface area contributed by atoms with Crippen molar-refractivity contribution in [3.05, 3.63) is 17.5 Å². The number of amides is 1. The number of carbonyl (C=O) groups is 1. The van der Waals surface area contributed by atoms with E-state index in [0.717, 1.165) is 0 Å². The van der Waals surface area contributed by atoms with E-state index < -0.39 is 17.7 Å². The van der Waals surface area contributed by atoms with Gasteiger partial charge in [0.25, 0.3) is 0 Å². The van der Waals surface area contributed by atoms with Gasteiger partial charge in [-0.3, -0.25) is 5.41 Å². The zero-order valence-electron chi connectivity index (χ0n) is 10.9. The van der Waals surface area contributed by atoms with E-state index in [4.69, 9.17) is 20.4 Å². The van der Waals surface area contributed by atoms with Gasteiger partial charge in [-0.25, -0.2) is 4.79 Å². The van der Waals surface area contributed by atoms with E-state index in [1.165, 1.54) is 6.07 Å². The Kier molecular flexibility index (Phi) is 3.95. The lowest BCUT2D eigenvalue weighted by molar-refractivity contribution is 0.0500. The van der Waals surface area contributed by atoms with Crippen molar-refractivity contribution in [1.82, 2.24) is 10.5 Å². The minimum absolute atomic E-state index is 0.186. The molecule has 7 nitrogen and oxygen atoms in total. The van der Waals surface area contributed by atoms with E-state index in [1.54, 1.807) is 27.7 Å². The van der Waals surface area contributed by atoms with E-state index in [-0.39, 0.29) is 11.5 Å². The molecule has 0 bridgehead atoms. The summed E-state index contributed by atoms with van der Waals surface area (Å²) in [6.45, 7) is 7.05. The largest absolute Gasteiger partial charge is 0.444 e. The van der Waals surface area contributed by atoms with Crippen LogP contribution in [0.5, 0.6) is 0 Å². The number of amidine groups is 1. The van der Waals surface area contributed by atoms with Gasteiger partial charge in [-0.05, 0) is 27.7 Å². The summed E-state index contributed by atoms with van der Waals surface area (Å²) in [6, 6.07) is 1.09. The maximum atomic E-state index is 11.5. The number of nitrogens with two attached hydrogens (primary N) is 1. The highest BCUT2D eigenvalue weighted by Gasteiger charge is 2.20. The van der Waals surface area contributed by atoms with Crippen LogP contribution in [-0.2, 0) is 4.74 Å². The van der Waals surface area contributed by atoms with Crippen LogP contribution in [-0.4, -0.2) is 22.7 Å². The highest BCUT2D eigenvalue weighted by atomic mass is 16.6. The predicted molar refractivity (Wildman–Crippen MR) is 65.3 cm³/mol. The molecule has 0 saturated heterocycles. The molecule has 1 heterocycles. The fourth-order valence-electron chi connectivity index (χ4n) is 1.18. The van der Waals surface area contributed by atoms with E-state index in [2.05, 4.69) is 10.5 Å². The quantitative estimate of drug-likeness (QED) is 0.559. The zero-order chi connectivity index (χ0) is 13.9. The van der Waals surface area contributed by atoms with Crippen LogP contribution in [0.2, 0.25) is 0 Å². The molecule has 0 aliphatic rings. The molecule has 1 atom stereocenters. The first kappa shape index (κ1) is 14.0. The monoisotopic (exact) mass is 254 g/mol. The smallest absolute Gasteiger partial charge is 0.408 e. The van der Waals surface area contributed by atoms with Gasteiger partial charge in [0.2, 0.25) is 0 Å². The van der Waals surface area contributed by atoms with Crippen LogP contribution in [0, 0.1) is 5.41 Å². The molecule has 1 aromatic rings. The van der Waals surface area contributed by atoms with E-state index >= 15 is 0 Å². The summed E-state index contributed by atoms with van der Waals surface area (Å²) in [7, 11) is 0. The van der Waals surface area contributed by atoms with Crippen molar-refractivity contribution in [3.8, 4) is 0 Å². The van der Waals surface area contributed by atoms with Crippen molar-refractivity contribution in [2.75, 3.05) is 0 Å². The average molecular weight is 254 g/mol. The fraction of sp³-hybridized carbons (Fsp3) is 0.545. The van der Waals surface area contributed by atoms with Crippen LogP contribution in [0.15, 0.2) is 10.6 Å². The predicted octanol–water partition coefficient (Wildman–Crippen LogP) is 1.54. The molecule has 4 N–H and O–H groups in total. The number of carbonyl (C=O) groups excluding carboxylic acids is 1. The minimum Gasteiger partial charge on any atom is -0.444 e. The van der Waals surface area contributed by atoms with Crippen molar-refractivity contribution in [1.29, 1.82) is 5.41 Å². The third kappa shape index (κ3) is 4.08. The van der Waals surface area contributed by atoms with Crippen molar-refractivity contribution >= 4 is 11.9 Å². The summed E-state index contributed by atoms with van der Waals surface area (Å²) in [4.78, 5) is 11.5. The number of hydrogen-bond donors (Lipinski definition) is 3. The molecule has 0 saturated carbocycles. The Morgan fingerprint density at radius 1 is 1.61 bits per heavy atom. The SMILES string of the molecule is C[C@@H](NC(=O)OC(C)(C)C)c1cc(C(=N)N)no1. The molecule has 0 unspecified atom stereocenters. The summed E-state index contributed by atoms with van der Waals surface area (Å²) in [5.41, 5.74) is 4.94. The number of nitrogens with zero attached hydrogens (tertiary/aromatic N) is 1. The Morgan fingerprint density at radius 3 is 2.67 bits per heavy atom. The Balaban J connectivity index is 2.62. The first-order valence-corrected chi connectivity index (χ1v) is 5.49. The van der Waals surface area contributed by atoms with Gasteiger partial charge in [-0.15, -0.1) is 0 Å². The lowest BCUT2D eigenvalue weighted by Gasteiger charge is -2.21. The van der Waals surface area contributed by atoms with E-state index in [0.29, 0.717) is 5.76 Å². The fourth-order valence-corrected chi connectivity index (χ4v) is 1.18. The number of nitrogen functional groups attached to an aromatic ring is 1. The number of hydrogen-bond acceptors (Lipinski definition) is 5. The van der Waals surface area contributed by atoms with Crippen molar-refractivity contribution in [2.24, 2.45) is 5.73 Å². The van der Waals surface area contributed by atoms with Crippen molar-refractivity contribution < 1.29 is 14.1 Å². The number of nitrogens with one attached hydrogen (secondary N) is 2. The number of rotatable bonds is 3. The van der Waals surface area contributed by atoms with E-state index in [1.807, 2.05) is 0 Å². The van der Waals surface area contributed by atoms with Crippen LogP contribution < -0.4 is 11.1 Å². The zero-order valence-corrected chi connectivity index (χ0v) is 10.9. The number of ether oxygens (including phenoxy) is 1. The molecule has 18 heavy (non-hydrogen) atoms. The molecule has 0 spiro atoms. The Hall–Kier alpha value is -2.05. The summed E-state index contributed by atoms with van der Waals surface area (Å²) in [5.74, 6) is 0.223. The summed E-state index contributed by atoms with van der Waals surface area (Å²) in [5, 5.41) is 13.4. The molecule has 1 aromatic heterocycles. The Bertz CT molecular complexity index is 447. The van der Waals surface area contributed by atoms with Crippen molar-refractivity contribution in [3.63, 3.8) is 0 Å². The van der Waals surface area contributed by atoms with Gasteiger partial charge in [0.15, 0.2) is 5.76 Å². The average Bonchev–Trinajstić information content (AvgIpc) is 2.62. The topological polar surface area (TPSA) is 114 Å². The molecule has 0 radical (unpaired) electrons. The van der Waals surface area contributed by atoms with Gasteiger partial charge in [-0.1, -0.05) is 5.16 Å². The van der Waals surface area contributed by atoms with Crippen LogP contribution >= 0.6 is 0 Å². The lowest BCUT2D eigenvalue weighted by atomic mass is 10.2. The maximum absolute atomic E-state index is 11.5. The van der Waals surface area contributed by atoms with Crippen LogP contribution in [0.25, 0.3) is 0 Å². The van der Waals surface area contributed by atoms with Gasteiger partial charge < -0.3 is 20.3 Å². The second-order valence-corrected chi connectivity index (χ2v) is 4.90. The molecule has 1 rings (SSSR count). The molecular formula is C11H18N4O3. The number of aromatic nitrogens is 1. The summed E-state index contributed by atoms with van der Waals surface area (Å²) in [6.07, 6.45) is -0.546. The normalized spacial score (nSPS) is 12.9. The molecule has 7 heteroatoms. The highest BCUT2D eigenvalue weighted by molar-refractivity contribution is 5.92. The first-order valence-electron chi connectivity index (χ1n) is 5.49. The number of alkyl carbamates (subject to hydrolysis) is 1. The molecule has 0 fully saturated rings. The van der Waals surface area contributed by atoms with Gasteiger partial charge in [0, 0.05) is 6.07 Å². The molecule has 100 valence electrons. The third-order valence-corrected chi connectivity index (χ3v) is 1.96. The van der Waals surface area contributed by atoms with E-state index in [9.17, 15) is 4.79 Å². The van der Waals surface area contributed by atoms with Gasteiger partial charge >= 0.3 is 6.09 Å². The highest BCUT2D eigenvalue weighted by Crippen LogP contribution is 2.15. The molecular weight excluding hydrogens is 236 g/mol. The van der Waals surface area contributed by atoms with Gasteiger partial charge in [0.05, 0.1) is 6.04 Å². The minimum atomic E-state index is -0.560. The van der Waals surface area contributed by atoms with Crippen molar-refractivity contribution in [2.45, 2.75) is 39.3 Å². The van der Waals surface area contributed by atoms with Crippen LogP contribution in [0.4, 0.5) is 4.79 Å². The first-order chi connectivity index (χ1) is 8.19. The summed E-state index contributed by atoms with van der Waals surface area (Å²) < 4.78 is 10.1. The van der Waals surface area contributed by atoms with Crippen LogP contribution in [0.1, 0.15) is 45.2 Å². The lowest BCUT2D eigenvalue weighted by Crippen LogP contribution is -2.33. The molecule has 0 aliphatic carbocycles. The standard InChI is InChI=1S/C11H18N4O3/c1-6(14-10(16)17-11(2,3)4)8-5-7(9(12)13)15-18-8/h5-6H,1-4H3,(H3,12,13)(H,14,16)/t6-/m1/s1. The Labute approximate surface area is 105 Å². The second-order valence-electron chi connectivity index (χ2n) is 4.90. The molecule has 0 aliphatic heterocycles. The molecule has 1 amide bonds. The van der Waals surface area contributed by atoms with Gasteiger partial charge in [0.1, 0.15) is 17.1 Å².